The normalized spacial score (nSPS) is 15.4. The monoisotopic (exact) mass is 431 g/mol. The minimum Gasteiger partial charge on any atom is -0.486 e. The lowest BCUT2D eigenvalue weighted by Gasteiger charge is -2.35. The molecule has 0 aliphatic carbocycles. The maximum absolute atomic E-state index is 12.7. The van der Waals surface area contributed by atoms with Crippen molar-refractivity contribution in [3.63, 3.8) is 0 Å². The molecule has 5 rings (SSSR count). The lowest BCUT2D eigenvalue weighted by molar-refractivity contribution is 0.171. The summed E-state index contributed by atoms with van der Waals surface area (Å²) in [6, 6.07) is 17.6. The number of urea groups is 1. The van der Waals surface area contributed by atoms with Gasteiger partial charge in [0.25, 0.3) is 0 Å². The molecule has 0 spiro atoms. The fourth-order valence-electron chi connectivity index (χ4n) is 3.83. The van der Waals surface area contributed by atoms with Crippen molar-refractivity contribution in [2.24, 2.45) is 0 Å². The Kier molecular flexibility index (Phi) is 5.49. The van der Waals surface area contributed by atoms with Crippen molar-refractivity contribution in [2.75, 3.05) is 49.6 Å². The third-order valence-corrected chi connectivity index (χ3v) is 5.68. The summed E-state index contributed by atoms with van der Waals surface area (Å²) in [7, 11) is 0. The van der Waals surface area contributed by atoms with Gasteiger partial charge in [0.05, 0.1) is 5.69 Å². The van der Waals surface area contributed by atoms with Gasteiger partial charge in [-0.15, -0.1) is 10.2 Å². The number of benzene rings is 2. The highest BCUT2D eigenvalue weighted by Crippen LogP contribution is 2.32. The van der Waals surface area contributed by atoms with Crippen LogP contribution in [-0.4, -0.2) is 60.5 Å². The summed E-state index contributed by atoms with van der Waals surface area (Å²) in [4.78, 5) is 16.7. The van der Waals surface area contributed by atoms with E-state index in [4.69, 9.17) is 9.47 Å². The lowest BCUT2D eigenvalue weighted by atomic mass is 10.1. The fraction of sp³-hybridized carbons (Fsp3) is 0.292. The predicted molar refractivity (Wildman–Crippen MR) is 122 cm³/mol. The highest BCUT2D eigenvalue weighted by Gasteiger charge is 2.23. The molecule has 2 aromatic carbocycles. The number of fused-ring (bicyclic) bond motifs is 1. The molecule has 0 unspecified atom stereocenters. The minimum absolute atomic E-state index is 0.123. The maximum Gasteiger partial charge on any atom is 0.321 e. The van der Waals surface area contributed by atoms with Crippen LogP contribution in [0.1, 0.15) is 5.56 Å². The van der Waals surface area contributed by atoms with E-state index >= 15 is 0 Å². The van der Waals surface area contributed by atoms with E-state index < -0.39 is 0 Å². The summed E-state index contributed by atoms with van der Waals surface area (Å²) in [5.41, 5.74) is 3.81. The highest BCUT2D eigenvalue weighted by molar-refractivity contribution is 5.90. The van der Waals surface area contributed by atoms with Crippen LogP contribution in [0.4, 0.5) is 16.3 Å². The Morgan fingerprint density at radius 1 is 0.875 bits per heavy atom. The van der Waals surface area contributed by atoms with Gasteiger partial charge in [-0.2, -0.15) is 0 Å². The van der Waals surface area contributed by atoms with E-state index in [1.807, 2.05) is 24.3 Å². The van der Waals surface area contributed by atoms with Crippen molar-refractivity contribution in [3.8, 4) is 22.8 Å². The first-order chi connectivity index (χ1) is 15.7. The van der Waals surface area contributed by atoms with Crippen molar-refractivity contribution in [3.05, 3.63) is 60.2 Å². The van der Waals surface area contributed by atoms with E-state index in [0.717, 1.165) is 17.1 Å². The maximum atomic E-state index is 12.7. The number of anilines is 2. The van der Waals surface area contributed by atoms with Gasteiger partial charge < -0.3 is 24.6 Å². The van der Waals surface area contributed by atoms with Gasteiger partial charge in [0.2, 0.25) is 0 Å². The van der Waals surface area contributed by atoms with Crippen molar-refractivity contribution in [1.29, 1.82) is 0 Å². The van der Waals surface area contributed by atoms with Crippen LogP contribution in [0.2, 0.25) is 0 Å². The number of carbonyl (C=O) groups is 1. The average Bonchev–Trinajstić information content (AvgIpc) is 2.85. The van der Waals surface area contributed by atoms with Crippen LogP contribution >= 0.6 is 0 Å². The number of aromatic nitrogens is 2. The molecule has 2 aliphatic rings. The Hall–Kier alpha value is -3.81. The van der Waals surface area contributed by atoms with E-state index in [-0.39, 0.29) is 6.03 Å². The number of amides is 2. The lowest BCUT2D eigenvalue weighted by Crippen LogP contribution is -2.50. The van der Waals surface area contributed by atoms with Crippen molar-refractivity contribution in [1.82, 2.24) is 15.1 Å². The van der Waals surface area contributed by atoms with Crippen molar-refractivity contribution >= 4 is 17.5 Å². The van der Waals surface area contributed by atoms with Gasteiger partial charge in [-0.05, 0) is 31.2 Å². The minimum atomic E-state index is -0.123. The van der Waals surface area contributed by atoms with Crippen molar-refractivity contribution < 1.29 is 14.3 Å². The Labute approximate surface area is 186 Å². The summed E-state index contributed by atoms with van der Waals surface area (Å²) in [5, 5.41) is 11.8. The zero-order valence-electron chi connectivity index (χ0n) is 18.0. The standard InChI is InChI=1S/C24H25N5O3/c1-17-2-4-18(5-3-17)20-7-9-23(27-26-20)28-10-12-29(13-11-28)24(30)25-19-6-8-21-22(16-19)32-15-14-31-21/h2-9,16H,10-15H2,1H3,(H,25,30). The highest BCUT2D eigenvalue weighted by atomic mass is 16.6. The zero-order chi connectivity index (χ0) is 21.9. The number of aryl methyl sites for hydroxylation is 1. The Morgan fingerprint density at radius 3 is 2.34 bits per heavy atom. The van der Waals surface area contributed by atoms with Crippen molar-refractivity contribution in [2.45, 2.75) is 6.92 Å². The van der Waals surface area contributed by atoms with Crippen LogP contribution in [0.3, 0.4) is 0 Å². The molecule has 32 heavy (non-hydrogen) atoms. The van der Waals surface area contributed by atoms with Gasteiger partial charge in [-0.3, -0.25) is 0 Å². The molecular weight excluding hydrogens is 406 g/mol. The van der Waals surface area contributed by atoms with E-state index in [2.05, 4.69) is 51.6 Å². The summed E-state index contributed by atoms with van der Waals surface area (Å²) >= 11 is 0. The van der Waals surface area contributed by atoms with Gasteiger partial charge in [0.1, 0.15) is 13.2 Å². The first-order valence-corrected chi connectivity index (χ1v) is 10.8. The zero-order valence-corrected chi connectivity index (χ0v) is 18.0. The van der Waals surface area contributed by atoms with Crippen LogP contribution < -0.4 is 19.7 Å². The Morgan fingerprint density at radius 2 is 1.62 bits per heavy atom. The van der Waals surface area contributed by atoms with E-state index in [9.17, 15) is 4.79 Å². The molecule has 1 fully saturated rings. The van der Waals surface area contributed by atoms with Gasteiger partial charge in [0.15, 0.2) is 17.3 Å². The third-order valence-electron chi connectivity index (χ3n) is 5.68. The number of ether oxygens (including phenoxy) is 2. The van der Waals surface area contributed by atoms with Gasteiger partial charge >= 0.3 is 6.03 Å². The molecule has 1 N–H and O–H groups in total. The fourth-order valence-corrected chi connectivity index (χ4v) is 3.83. The number of rotatable bonds is 3. The first-order valence-electron chi connectivity index (χ1n) is 10.8. The van der Waals surface area contributed by atoms with E-state index in [1.54, 1.807) is 11.0 Å². The largest absolute Gasteiger partial charge is 0.486 e. The van der Waals surface area contributed by atoms with E-state index in [1.165, 1.54) is 5.56 Å². The molecule has 3 heterocycles. The molecule has 0 radical (unpaired) electrons. The second kappa shape index (κ2) is 8.74. The molecular formula is C24H25N5O3. The first kappa shape index (κ1) is 20.1. The molecule has 3 aromatic rings. The molecule has 0 atom stereocenters. The molecule has 0 saturated carbocycles. The molecule has 2 aliphatic heterocycles. The van der Waals surface area contributed by atoms with Gasteiger partial charge in [-0.1, -0.05) is 29.8 Å². The van der Waals surface area contributed by atoms with Crippen LogP contribution in [0.25, 0.3) is 11.3 Å². The third kappa shape index (κ3) is 4.30. The van der Waals surface area contributed by atoms with Crippen LogP contribution in [0.5, 0.6) is 11.5 Å². The van der Waals surface area contributed by atoms with E-state index in [0.29, 0.717) is 56.6 Å². The van der Waals surface area contributed by atoms with Crippen LogP contribution in [-0.2, 0) is 0 Å². The van der Waals surface area contributed by atoms with Crippen LogP contribution in [0.15, 0.2) is 54.6 Å². The molecule has 2 amide bonds. The Balaban J connectivity index is 1.17. The topological polar surface area (TPSA) is 79.8 Å². The summed E-state index contributed by atoms with van der Waals surface area (Å²) in [6.07, 6.45) is 0. The average molecular weight is 431 g/mol. The molecule has 8 heteroatoms. The molecule has 8 nitrogen and oxygen atoms in total. The van der Waals surface area contributed by atoms with Gasteiger partial charge in [0, 0.05) is 43.5 Å². The Bertz CT molecular complexity index is 1090. The molecule has 1 saturated heterocycles. The number of hydrogen-bond donors (Lipinski definition) is 1. The smallest absolute Gasteiger partial charge is 0.321 e. The van der Waals surface area contributed by atoms with Crippen LogP contribution in [0, 0.1) is 6.92 Å². The molecule has 164 valence electrons. The number of nitrogens with zero attached hydrogens (tertiary/aromatic N) is 4. The SMILES string of the molecule is Cc1ccc(-c2ccc(N3CCN(C(=O)Nc4ccc5c(c4)OCCO5)CC3)nn2)cc1. The second-order valence-corrected chi connectivity index (χ2v) is 7.91. The summed E-state index contributed by atoms with van der Waals surface area (Å²) in [5.74, 6) is 2.19. The number of piperazine rings is 1. The summed E-state index contributed by atoms with van der Waals surface area (Å²) in [6.45, 7) is 5.74. The second-order valence-electron chi connectivity index (χ2n) is 7.91. The number of nitrogens with one attached hydrogen (secondary N) is 1. The summed E-state index contributed by atoms with van der Waals surface area (Å²) < 4.78 is 11.1. The number of carbonyl (C=O) groups excluding carboxylic acids is 1. The van der Waals surface area contributed by atoms with Gasteiger partial charge in [-0.25, -0.2) is 4.79 Å². The molecule has 1 aromatic heterocycles. The molecule has 0 bridgehead atoms. The number of hydrogen-bond acceptors (Lipinski definition) is 6. The predicted octanol–water partition coefficient (Wildman–Crippen LogP) is 3.58. The quantitative estimate of drug-likeness (QED) is 0.683.